The van der Waals surface area contributed by atoms with Crippen molar-refractivity contribution in [1.29, 1.82) is 0 Å². The monoisotopic (exact) mass is 426 g/mol. The molecule has 1 fully saturated rings. The van der Waals surface area contributed by atoms with Gasteiger partial charge in [0, 0.05) is 36.0 Å². The number of carbonyl (C=O) groups is 1. The first kappa shape index (κ1) is 19.2. The highest BCUT2D eigenvalue weighted by atomic mass is 19.3. The van der Waals surface area contributed by atoms with Gasteiger partial charge in [0.05, 0.1) is 11.4 Å². The van der Waals surface area contributed by atoms with Gasteiger partial charge in [-0.05, 0) is 43.5 Å². The smallest absolute Gasteiger partial charge is 0.395 e. The third kappa shape index (κ3) is 3.60. The van der Waals surface area contributed by atoms with Crippen LogP contribution in [0.5, 0.6) is 11.5 Å². The Morgan fingerprint density at radius 1 is 1.19 bits per heavy atom. The zero-order valence-electron chi connectivity index (χ0n) is 16.3. The number of amides is 1. The van der Waals surface area contributed by atoms with Gasteiger partial charge in [0.15, 0.2) is 11.5 Å². The van der Waals surface area contributed by atoms with Crippen molar-refractivity contribution in [1.82, 2.24) is 15.0 Å². The van der Waals surface area contributed by atoms with E-state index in [1.807, 2.05) is 0 Å². The van der Waals surface area contributed by atoms with Crippen molar-refractivity contribution in [2.24, 2.45) is 5.92 Å². The summed E-state index contributed by atoms with van der Waals surface area (Å²) < 4.78 is 35.8. The van der Waals surface area contributed by atoms with Crippen LogP contribution < -0.4 is 19.9 Å². The maximum absolute atomic E-state index is 13.4. The molecule has 1 aromatic carbocycles. The minimum Gasteiger partial charge on any atom is -0.395 e. The summed E-state index contributed by atoms with van der Waals surface area (Å²) in [5.41, 5.74) is 1.94. The van der Waals surface area contributed by atoms with Crippen LogP contribution in [0.3, 0.4) is 0 Å². The van der Waals surface area contributed by atoms with Gasteiger partial charge in [-0.25, -0.2) is 14.9 Å². The average Bonchev–Trinajstić information content (AvgIpc) is 3.52. The molecule has 0 unspecified atom stereocenters. The number of hydrogen-bond donors (Lipinski definition) is 1. The number of pyridine rings is 1. The van der Waals surface area contributed by atoms with E-state index in [9.17, 15) is 18.4 Å². The first-order valence-electron chi connectivity index (χ1n) is 9.57. The Kier molecular flexibility index (Phi) is 4.24. The number of H-pyrrole nitrogens is 1. The van der Waals surface area contributed by atoms with E-state index in [0.717, 1.165) is 18.4 Å². The molecule has 2 aliphatic rings. The summed E-state index contributed by atoms with van der Waals surface area (Å²) in [4.78, 5) is 37.2. The molecule has 0 bridgehead atoms. The molecule has 1 N–H and O–H groups in total. The van der Waals surface area contributed by atoms with Crippen LogP contribution in [-0.4, -0.2) is 27.2 Å². The second-order valence-electron chi connectivity index (χ2n) is 7.39. The third-order valence-electron chi connectivity index (χ3n) is 5.01. The summed E-state index contributed by atoms with van der Waals surface area (Å²) in [6, 6.07) is 7.09. The van der Waals surface area contributed by atoms with Crippen LogP contribution in [0.2, 0.25) is 0 Å². The lowest BCUT2D eigenvalue weighted by Gasteiger charge is -2.22. The van der Waals surface area contributed by atoms with Crippen molar-refractivity contribution in [2.75, 3.05) is 4.90 Å². The molecule has 1 saturated carbocycles. The normalized spacial score (nSPS) is 16.2. The standard InChI is InChI=1S/C21H16F2N4O4/c1-11-9-25-20(26-18(11)13-4-7-17(28)24-10-13)27(19(29)12-2-3-12)14-5-6-15-16(8-14)31-21(22,23)30-15/h4-10,12H,2-3H2,1H3,(H,24,28). The highest BCUT2D eigenvalue weighted by Gasteiger charge is 2.44. The number of ether oxygens (including phenoxy) is 2. The number of carbonyl (C=O) groups excluding carboxylic acids is 1. The highest BCUT2D eigenvalue weighted by molar-refractivity contribution is 6.01. The van der Waals surface area contributed by atoms with Crippen LogP contribution >= 0.6 is 0 Å². The average molecular weight is 426 g/mol. The Balaban J connectivity index is 1.59. The molecular formula is C21H16F2N4O4. The van der Waals surface area contributed by atoms with Crippen molar-refractivity contribution in [3.8, 4) is 22.8 Å². The molecule has 1 amide bonds. The summed E-state index contributed by atoms with van der Waals surface area (Å²) in [5.74, 6) is -0.625. The van der Waals surface area contributed by atoms with Gasteiger partial charge >= 0.3 is 6.29 Å². The predicted molar refractivity (Wildman–Crippen MR) is 105 cm³/mol. The molecule has 0 atom stereocenters. The Labute approximate surface area is 174 Å². The van der Waals surface area contributed by atoms with Crippen LogP contribution in [0.1, 0.15) is 18.4 Å². The molecule has 10 heteroatoms. The maximum Gasteiger partial charge on any atom is 0.586 e. The van der Waals surface area contributed by atoms with E-state index in [-0.39, 0.29) is 40.5 Å². The number of hydrogen-bond acceptors (Lipinski definition) is 6. The SMILES string of the molecule is Cc1cnc(N(C(=O)C2CC2)c2ccc3c(c2)OC(F)(F)O3)nc1-c1ccc(=O)[nH]c1. The molecule has 0 spiro atoms. The Morgan fingerprint density at radius 3 is 2.68 bits per heavy atom. The Hall–Kier alpha value is -3.82. The lowest BCUT2D eigenvalue weighted by atomic mass is 10.1. The molecule has 1 aliphatic heterocycles. The van der Waals surface area contributed by atoms with Crippen LogP contribution in [-0.2, 0) is 4.79 Å². The van der Waals surface area contributed by atoms with E-state index in [2.05, 4.69) is 24.4 Å². The number of alkyl halides is 2. The molecule has 158 valence electrons. The molecule has 0 saturated heterocycles. The van der Waals surface area contributed by atoms with Crippen molar-refractivity contribution >= 4 is 17.5 Å². The maximum atomic E-state index is 13.4. The number of rotatable bonds is 4. The number of nitrogens with one attached hydrogen (secondary N) is 1. The van der Waals surface area contributed by atoms with Crippen LogP contribution in [0.15, 0.2) is 47.5 Å². The molecule has 5 rings (SSSR count). The van der Waals surface area contributed by atoms with Crippen LogP contribution in [0, 0.1) is 12.8 Å². The largest absolute Gasteiger partial charge is 0.586 e. The van der Waals surface area contributed by atoms with Gasteiger partial charge in [0.2, 0.25) is 17.4 Å². The lowest BCUT2D eigenvalue weighted by Crippen LogP contribution is -2.29. The highest BCUT2D eigenvalue weighted by Crippen LogP contribution is 2.44. The van der Waals surface area contributed by atoms with Gasteiger partial charge in [-0.3, -0.25) is 9.59 Å². The van der Waals surface area contributed by atoms with E-state index in [1.54, 1.807) is 19.2 Å². The van der Waals surface area contributed by atoms with Crippen molar-refractivity contribution in [3.63, 3.8) is 0 Å². The van der Waals surface area contributed by atoms with E-state index >= 15 is 0 Å². The zero-order valence-corrected chi connectivity index (χ0v) is 16.3. The second kappa shape index (κ2) is 6.86. The van der Waals surface area contributed by atoms with E-state index in [4.69, 9.17) is 0 Å². The lowest BCUT2D eigenvalue weighted by molar-refractivity contribution is -0.286. The summed E-state index contributed by atoms with van der Waals surface area (Å²) in [7, 11) is 0. The fraction of sp³-hybridized carbons (Fsp3) is 0.238. The minimum atomic E-state index is -3.76. The zero-order chi connectivity index (χ0) is 21.8. The Morgan fingerprint density at radius 2 is 1.97 bits per heavy atom. The first-order chi connectivity index (χ1) is 14.8. The summed E-state index contributed by atoms with van der Waals surface area (Å²) >= 11 is 0. The summed E-state index contributed by atoms with van der Waals surface area (Å²) in [5, 5.41) is 0. The molecule has 2 aromatic heterocycles. The molecular weight excluding hydrogens is 410 g/mol. The van der Waals surface area contributed by atoms with Crippen molar-refractivity contribution < 1.29 is 23.0 Å². The van der Waals surface area contributed by atoms with Crippen molar-refractivity contribution in [2.45, 2.75) is 26.1 Å². The molecule has 3 aromatic rings. The number of aromatic amines is 1. The number of benzene rings is 1. The topological polar surface area (TPSA) is 97.4 Å². The van der Waals surface area contributed by atoms with Gasteiger partial charge in [-0.2, -0.15) is 0 Å². The fourth-order valence-corrected chi connectivity index (χ4v) is 3.32. The van der Waals surface area contributed by atoms with E-state index in [1.165, 1.54) is 35.4 Å². The third-order valence-corrected chi connectivity index (χ3v) is 5.01. The van der Waals surface area contributed by atoms with E-state index < -0.39 is 6.29 Å². The van der Waals surface area contributed by atoms with Crippen LogP contribution in [0.4, 0.5) is 20.4 Å². The second-order valence-corrected chi connectivity index (χ2v) is 7.39. The number of nitrogens with zero attached hydrogens (tertiary/aromatic N) is 3. The number of aromatic nitrogens is 3. The first-order valence-corrected chi connectivity index (χ1v) is 9.57. The number of fused-ring (bicyclic) bond motifs is 1. The van der Waals surface area contributed by atoms with Crippen molar-refractivity contribution in [3.05, 3.63) is 58.6 Å². The van der Waals surface area contributed by atoms with Gasteiger partial charge in [-0.15, -0.1) is 8.78 Å². The number of anilines is 2. The van der Waals surface area contributed by atoms with Crippen LogP contribution in [0.25, 0.3) is 11.3 Å². The van der Waals surface area contributed by atoms with Gasteiger partial charge in [-0.1, -0.05) is 0 Å². The van der Waals surface area contributed by atoms with E-state index in [0.29, 0.717) is 11.3 Å². The molecule has 3 heterocycles. The summed E-state index contributed by atoms with van der Waals surface area (Å²) in [6.07, 6.45) is 0.797. The fourth-order valence-electron chi connectivity index (χ4n) is 3.32. The van der Waals surface area contributed by atoms with Gasteiger partial charge in [0.1, 0.15) is 0 Å². The Bertz CT molecular complexity index is 1240. The molecule has 8 nitrogen and oxygen atoms in total. The number of halogens is 2. The molecule has 1 aliphatic carbocycles. The van der Waals surface area contributed by atoms with Gasteiger partial charge in [0.25, 0.3) is 0 Å². The van der Waals surface area contributed by atoms with Gasteiger partial charge < -0.3 is 14.5 Å². The predicted octanol–water partition coefficient (Wildman–Crippen LogP) is 3.54. The molecule has 31 heavy (non-hydrogen) atoms. The quantitative estimate of drug-likeness (QED) is 0.686. The minimum absolute atomic E-state index is 0.0920. The molecule has 0 radical (unpaired) electrons. The number of aryl methyl sites for hydroxylation is 1. The summed E-state index contributed by atoms with van der Waals surface area (Å²) in [6.45, 7) is 1.81.